The number of nitrogens with zero attached hydrogens (tertiary/aromatic N) is 1. The third-order valence-electron chi connectivity index (χ3n) is 2.02. The minimum absolute atomic E-state index is 0.190. The van der Waals surface area contributed by atoms with Crippen LogP contribution < -0.4 is 5.73 Å². The van der Waals surface area contributed by atoms with Crippen molar-refractivity contribution in [1.29, 1.82) is 0 Å². The van der Waals surface area contributed by atoms with Crippen LogP contribution in [0.2, 0.25) is 0 Å². The molecule has 1 heterocycles. The van der Waals surface area contributed by atoms with Crippen molar-refractivity contribution in [3.05, 3.63) is 28.6 Å². The van der Waals surface area contributed by atoms with Gasteiger partial charge in [0, 0.05) is 6.54 Å². The first-order valence-corrected chi connectivity index (χ1v) is 4.92. The van der Waals surface area contributed by atoms with Crippen molar-refractivity contribution < 1.29 is 9.52 Å². The maximum absolute atomic E-state index is 9.55. The molecular weight excluding hydrogens is 248 g/mol. The number of aliphatic hydroxyl groups is 1. The van der Waals surface area contributed by atoms with Crippen LogP contribution in [0.25, 0.3) is 11.1 Å². The lowest BCUT2D eigenvalue weighted by Crippen LogP contribution is -2.11. The van der Waals surface area contributed by atoms with E-state index in [1.807, 2.05) is 0 Å². The van der Waals surface area contributed by atoms with Crippen molar-refractivity contribution in [2.45, 2.75) is 6.10 Å². The minimum Gasteiger partial charge on any atom is -0.442 e. The van der Waals surface area contributed by atoms with E-state index >= 15 is 0 Å². The van der Waals surface area contributed by atoms with E-state index < -0.39 is 6.10 Å². The molecule has 2 rings (SSSR count). The monoisotopic (exact) mass is 256 g/mol. The van der Waals surface area contributed by atoms with Crippen LogP contribution in [0, 0.1) is 0 Å². The number of aromatic nitrogens is 1. The Hall–Kier alpha value is -0.910. The van der Waals surface area contributed by atoms with Gasteiger partial charge in [-0.1, -0.05) is 0 Å². The van der Waals surface area contributed by atoms with E-state index in [0.29, 0.717) is 11.1 Å². The summed E-state index contributed by atoms with van der Waals surface area (Å²) < 4.78 is 5.92. The molecule has 1 aromatic carbocycles. The van der Waals surface area contributed by atoms with Crippen LogP contribution in [0.5, 0.6) is 0 Å². The van der Waals surface area contributed by atoms with Crippen LogP contribution in [0.4, 0.5) is 0 Å². The van der Waals surface area contributed by atoms with Crippen LogP contribution in [-0.4, -0.2) is 16.6 Å². The van der Waals surface area contributed by atoms with Crippen molar-refractivity contribution in [3.8, 4) is 0 Å². The third-order valence-corrected chi connectivity index (χ3v) is 2.61. The number of oxazole rings is 1. The highest BCUT2D eigenvalue weighted by atomic mass is 79.9. The first-order chi connectivity index (χ1) is 6.72. The number of halogens is 1. The maximum Gasteiger partial charge on any atom is 0.182 e. The Kier molecular flexibility index (Phi) is 2.54. The lowest BCUT2D eigenvalue weighted by molar-refractivity contribution is 0.187. The third kappa shape index (κ3) is 1.54. The number of fused-ring (bicyclic) bond motifs is 1. The van der Waals surface area contributed by atoms with Gasteiger partial charge in [0.15, 0.2) is 12.0 Å². The van der Waals surface area contributed by atoms with E-state index in [1.54, 1.807) is 12.1 Å². The van der Waals surface area contributed by atoms with Crippen LogP contribution in [-0.2, 0) is 0 Å². The van der Waals surface area contributed by atoms with Crippen molar-refractivity contribution >= 4 is 27.0 Å². The van der Waals surface area contributed by atoms with E-state index in [0.717, 1.165) is 10.0 Å². The smallest absolute Gasteiger partial charge is 0.182 e. The van der Waals surface area contributed by atoms with E-state index in [2.05, 4.69) is 20.9 Å². The SMILES string of the molecule is NCC(O)c1cc(Br)c2ocnc2c1. The molecule has 0 bridgehead atoms. The zero-order valence-corrected chi connectivity index (χ0v) is 8.86. The van der Waals surface area contributed by atoms with Crippen LogP contribution in [0.3, 0.4) is 0 Å². The predicted molar refractivity (Wildman–Crippen MR) is 55.7 cm³/mol. The molecule has 1 atom stereocenters. The molecule has 1 unspecified atom stereocenters. The molecule has 1 aromatic heterocycles. The first-order valence-electron chi connectivity index (χ1n) is 4.13. The van der Waals surface area contributed by atoms with Gasteiger partial charge >= 0.3 is 0 Å². The van der Waals surface area contributed by atoms with E-state index in [-0.39, 0.29) is 6.54 Å². The van der Waals surface area contributed by atoms with Gasteiger partial charge in [-0.2, -0.15) is 0 Å². The van der Waals surface area contributed by atoms with Crippen LogP contribution in [0.1, 0.15) is 11.7 Å². The quantitative estimate of drug-likeness (QED) is 0.856. The Morgan fingerprint density at radius 1 is 1.57 bits per heavy atom. The number of nitrogens with two attached hydrogens (primary N) is 1. The molecule has 0 saturated heterocycles. The summed E-state index contributed by atoms with van der Waals surface area (Å²) in [6, 6.07) is 3.55. The molecule has 5 heteroatoms. The molecule has 2 aromatic rings. The topological polar surface area (TPSA) is 72.3 Å². The van der Waals surface area contributed by atoms with Crippen LogP contribution >= 0.6 is 15.9 Å². The Labute approximate surface area is 88.9 Å². The summed E-state index contributed by atoms with van der Waals surface area (Å²) in [6.45, 7) is 0.190. The zero-order valence-electron chi connectivity index (χ0n) is 7.27. The Morgan fingerprint density at radius 2 is 2.36 bits per heavy atom. The lowest BCUT2D eigenvalue weighted by atomic mass is 10.1. The van der Waals surface area contributed by atoms with Gasteiger partial charge in [-0.3, -0.25) is 0 Å². The normalized spacial score (nSPS) is 13.4. The molecule has 4 nitrogen and oxygen atoms in total. The fourth-order valence-electron chi connectivity index (χ4n) is 1.28. The summed E-state index contributed by atoms with van der Waals surface area (Å²) >= 11 is 3.34. The number of benzene rings is 1. The van der Waals surface area contributed by atoms with Gasteiger partial charge in [0.05, 0.1) is 10.6 Å². The molecule has 0 spiro atoms. The lowest BCUT2D eigenvalue weighted by Gasteiger charge is -2.07. The molecule has 0 aliphatic heterocycles. The van der Waals surface area contributed by atoms with Gasteiger partial charge < -0.3 is 15.3 Å². The molecule has 0 aliphatic carbocycles. The summed E-state index contributed by atoms with van der Waals surface area (Å²) in [6.07, 6.45) is 0.709. The molecule has 14 heavy (non-hydrogen) atoms. The van der Waals surface area contributed by atoms with Gasteiger partial charge in [0.1, 0.15) is 5.52 Å². The molecule has 0 fully saturated rings. The summed E-state index contributed by atoms with van der Waals surface area (Å²) in [7, 11) is 0. The average Bonchev–Trinajstić information content (AvgIpc) is 2.64. The van der Waals surface area contributed by atoms with Crippen molar-refractivity contribution in [1.82, 2.24) is 4.98 Å². The fourth-order valence-corrected chi connectivity index (χ4v) is 1.84. The minimum atomic E-state index is -0.660. The molecule has 0 saturated carbocycles. The molecule has 74 valence electrons. The summed E-state index contributed by atoms with van der Waals surface area (Å²) in [5.74, 6) is 0. The highest BCUT2D eigenvalue weighted by molar-refractivity contribution is 9.10. The molecular formula is C9H9BrN2O2. The van der Waals surface area contributed by atoms with Crippen molar-refractivity contribution in [3.63, 3.8) is 0 Å². The highest BCUT2D eigenvalue weighted by Crippen LogP contribution is 2.27. The maximum atomic E-state index is 9.55. The standard InChI is InChI=1S/C9H9BrN2O2/c10-6-1-5(8(13)3-11)2-7-9(6)14-4-12-7/h1-2,4,8,13H,3,11H2. The number of hydrogen-bond acceptors (Lipinski definition) is 4. The summed E-state index contributed by atoms with van der Waals surface area (Å²) in [5, 5.41) is 9.55. The van der Waals surface area contributed by atoms with Gasteiger partial charge in [-0.25, -0.2) is 4.98 Å². The Morgan fingerprint density at radius 3 is 3.07 bits per heavy atom. The molecule has 3 N–H and O–H groups in total. The Balaban J connectivity index is 2.58. The van der Waals surface area contributed by atoms with E-state index in [4.69, 9.17) is 10.2 Å². The summed E-state index contributed by atoms with van der Waals surface area (Å²) in [4.78, 5) is 4.01. The van der Waals surface area contributed by atoms with Gasteiger partial charge in [0.25, 0.3) is 0 Å². The van der Waals surface area contributed by atoms with Gasteiger partial charge in [0.2, 0.25) is 0 Å². The second-order valence-corrected chi connectivity index (χ2v) is 3.81. The van der Waals surface area contributed by atoms with Gasteiger partial charge in [-0.05, 0) is 33.6 Å². The molecule has 0 aliphatic rings. The second-order valence-electron chi connectivity index (χ2n) is 2.95. The molecule has 0 radical (unpaired) electrons. The number of aliphatic hydroxyl groups excluding tert-OH is 1. The van der Waals surface area contributed by atoms with E-state index in [9.17, 15) is 5.11 Å². The van der Waals surface area contributed by atoms with Gasteiger partial charge in [-0.15, -0.1) is 0 Å². The Bertz CT molecular complexity index is 455. The second kappa shape index (κ2) is 3.68. The van der Waals surface area contributed by atoms with Crippen molar-refractivity contribution in [2.75, 3.05) is 6.54 Å². The molecule has 0 amide bonds. The first kappa shape index (κ1) is 9.64. The average molecular weight is 257 g/mol. The summed E-state index contributed by atoms with van der Waals surface area (Å²) in [5.41, 5.74) is 7.49. The zero-order chi connectivity index (χ0) is 10.1. The number of hydrogen-bond donors (Lipinski definition) is 2. The number of rotatable bonds is 2. The van der Waals surface area contributed by atoms with Crippen molar-refractivity contribution in [2.24, 2.45) is 5.73 Å². The predicted octanol–water partition coefficient (Wildman–Crippen LogP) is 1.58. The van der Waals surface area contributed by atoms with Crippen LogP contribution in [0.15, 0.2) is 27.4 Å². The van der Waals surface area contributed by atoms with E-state index in [1.165, 1.54) is 6.39 Å². The highest BCUT2D eigenvalue weighted by Gasteiger charge is 2.10. The largest absolute Gasteiger partial charge is 0.442 e. The fraction of sp³-hybridized carbons (Fsp3) is 0.222.